The Bertz CT molecular complexity index is 318. The summed E-state index contributed by atoms with van der Waals surface area (Å²) in [5, 5.41) is 11.7. The van der Waals surface area contributed by atoms with E-state index >= 15 is 0 Å². The summed E-state index contributed by atoms with van der Waals surface area (Å²) < 4.78 is 0. The fraction of sp³-hybridized carbons (Fsp3) is 0.571. The predicted molar refractivity (Wildman–Crippen MR) is 74.8 cm³/mol. The molecule has 1 aromatic rings. The Morgan fingerprint density at radius 1 is 1.28 bits per heavy atom. The molecule has 0 aliphatic heterocycles. The lowest BCUT2D eigenvalue weighted by Gasteiger charge is -2.24. The highest BCUT2D eigenvalue weighted by Crippen LogP contribution is 2.05. The number of hydrogen-bond acceptors (Lipinski definition) is 4. The van der Waals surface area contributed by atoms with Crippen LogP contribution in [0.15, 0.2) is 30.3 Å². The zero-order chi connectivity index (χ0) is 13.4. The molecule has 0 fully saturated rings. The van der Waals surface area contributed by atoms with Crippen LogP contribution in [0.1, 0.15) is 25.3 Å². The molecule has 0 radical (unpaired) electrons. The monoisotopic (exact) mass is 251 g/mol. The first-order valence-corrected chi connectivity index (χ1v) is 6.60. The summed E-state index contributed by atoms with van der Waals surface area (Å²) in [4.78, 5) is 0. The molecule has 0 saturated heterocycles. The molecule has 5 N–H and O–H groups in total. The van der Waals surface area contributed by atoms with E-state index in [1.165, 1.54) is 0 Å². The Morgan fingerprint density at radius 2 is 1.94 bits per heavy atom. The zero-order valence-corrected chi connectivity index (χ0v) is 11.1. The molecule has 4 nitrogen and oxygen atoms in total. The first-order chi connectivity index (χ1) is 8.63. The first kappa shape index (κ1) is 15.1. The second kappa shape index (κ2) is 8.21. The minimum absolute atomic E-state index is 0.278. The average molecular weight is 251 g/mol. The van der Waals surface area contributed by atoms with Crippen LogP contribution in [0.2, 0.25) is 0 Å². The minimum atomic E-state index is -0.591. The van der Waals surface area contributed by atoms with Crippen molar-refractivity contribution < 1.29 is 5.11 Å². The summed E-state index contributed by atoms with van der Waals surface area (Å²) in [5.41, 5.74) is 7.13. The van der Waals surface area contributed by atoms with Crippen molar-refractivity contribution in [2.24, 2.45) is 11.6 Å². The van der Waals surface area contributed by atoms with Gasteiger partial charge in [-0.2, -0.15) is 0 Å². The van der Waals surface area contributed by atoms with Crippen molar-refractivity contribution >= 4 is 0 Å². The van der Waals surface area contributed by atoms with Crippen LogP contribution in [0.3, 0.4) is 0 Å². The Balaban J connectivity index is 2.34. The van der Waals surface area contributed by atoms with Gasteiger partial charge in [0.05, 0.1) is 6.10 Å². The lowest BCUT2D eigenvalue weighted by atomic mass is 10.0. The van der Waals surface area contributed by atoms with Crippen LogP contribution in [0.4, 0.5) is 0 Å². The normalized spacial score (nSPS) is 14.7. The smallest absolute Gasteiger partial charge is 0.0834 e. The van der Waals surface area contributed by atoms with Gasteiger partial charge in [0.1, 0.15) is 0 Å². The van der Waals surface area contributed by atoms with Crippen LogP contribution in [0, 0.1) is 0 Å². The van der Waals surface area contributed by atoms with E-state index in [0.717, 1.165) is 24.9 Å². The van der Waals surface area contributed by atoms with Crippen molar-refractivity contribution in [3.05, 3.63) is 35.9 Å². The molecule has 0 aliphatic rings. The number of hydrogen-bond donors (Lipinski definition) is 3. The summed E-state index contributed by atoms with van der Waals surface area (Å²) in [7, 11) is 0. The molecule has 0 saturated carbocycles. The van der Waals surface area contributed by atoms with Crippen molar-refractivity contribution in [1.82, 2.24) is 5.01 Å². The fourth-order valence-corrected chi connectivity index (χ4v) is 1.85. The lowest BCUT2D eigenvalue weighted by Crippen LogP contribution is -2.47. The van der Waals surface area contributed by atoms with Gasteiger partial charge in [-0.1, -0.05) is 43.7 Å². The number of hydrazine groups is 1. The molecule has 102 valence electrons. The van der Waals surface area contributed by atoms with Gasteiger partial charge in [0.2, 0.25) is 0 Å². The van der Waals surface area contributed by atoms with E-state index < -0.39 is 6.10 Å². The number of aliphatic hydroxyl groups excluding tert-OH is 1. The average Bonchev–Trinajstić information content (AvgIpc) is 2.37. The van der Waals surface area contributed by atoms with Gasteiger partial charge in [-0.25, -0.2) is 5.01 Å². The van der Waals surface area contributed by atoms with Crippen LogP contribution in [-0.2, 0) is 6.42 Å². The SMILES string of the molecule is CCCCN(N)C[C@H](O)C(N)Cc1ccccc1. The molecule has 0 heterocycles. The number of rotatable bonds is 8. The summed E-state index contributed by atoms with van der Waals surface area (Å²) in [6, 6.07) is 9.68. The summed E-state index contributed by atoms with van der Waals surface area (Å²) in [6.45, 7) is 3.34. The molecular formula is C14H25N3O. The quantitative estimate of drug-likeness (QED) is 0.474. The van der Waals surface area contributed by atoms with Gasteiger partial charge in [-0.3, -0.25) is 5.84 Å². The molecule has 1 rings (SSSR count). The van der Waals surface area contributed by atoms with E-state index in [2.05, 4.69) is 6.92 Å². The van der Waals surface area contributed by atoms with Crippen LogP contribution in [-0.4, -0.2) is 35.4 Å². The first-order valence-electron chi connectivity index (χ1n) is 6.60. The molecule has 0 bridgehead atoms. The highest BCUT2D eigenvalue weighted by atomic mass is 16.3. The maximum atomic E-state index is 10.0. The van der Waals surface area contributed by atoms with Gasteiger partial charge < -0.3 is 10.8 Å². The van der Waals surface area contributed by atoms with E-state index in [0.29, 0.717) is 13.0 Å². The maximum absolute atomic E-state index is 10.0. The van der Waals surface area contributed by atoms with Crippen LogP contribution in [0.5, 0.6) is 0 Å². The number of nitrogens with zero attached hydrogens (tertiary/aromatic N) is 1. The van der Waals surface area contributed by atoms with Crippen LogP contribution in [0.25, 0.3) is 0 Å². The van der Waals surface area contributed by atoms with E-state index in [1.54, 1.807) is 5.01 Å². The predicted octanol–water partition coefficient (Wildman–Crippen LogP) is 0.893. The van der Waals surface area contributed by atoms with Gasteiger partial charge in [-0.05, 0) is 18.4 Å². The third kappa shape index (κ3) is 5.60. The van der Waals surface area contributed by atoms with Gasteiger partial charge in [-0.15, -0.1) is 0 Å². The molecule has 0 aromatic heterocycles. The molecule has 4 heteroatoms. The van der Waals surface area contributed by atoms with Crippen molar-refractivity contribution in [1.29, 1.82) is 0 Å². The summed E-state index contributed by atoms with van der Waals surface area (Å²) >= 11 is 0. The summed E-state index contributed by atoms with van der Waals surface area (Å²) in [6.07, 6.45) is 2.22. The van der Waals surface area contributed by atoms with Crippen molar-refractivity contribution in [2.75, 3.05) is 13.1 Å². The fourth-order valence-electron chi connectivity index (χ4n) is 1.85. The molecule has 0 aliphatic carbocycles. The van der Waals surface area contributed by atoms with E-state index in [1.807, 2.05) is 30.3 Å². The van der Waals surface area contributed by atoms with Gasteiger partial charge >= 0.3 is 0 Å². The number of unbranched alkanes of at least 4 members (excludes halogenated alkanes) is 1. The summed E-state index contributed by atoms with van der Waals surface area (Å²) in [5.74, 6) is 5.81. The standard InChI is InChI=1S/C14H25N3O/c1-2-3-9-17(16)11-14(18)13(15)10-12-7-5-4-6-8-12/h4-8,13-14,18H,2-3,9-11,15-16H2,1H3/t13?,14-/m0/s1. The van der Waals surface area contributed by atoms with Crippen molar-refractivity contribution in [2.45, 2.75) is 38.3 Å². The minimum Gasteiger partial charge on any atom is -0.390 e. The number of benzene rings is 1. The van der Waals surface area contributed by atoms with Gasteiger partial charge in [0.25, 0.3) is 0 Å². The molecular weight excluding hydrogens is 226 g/mol. The topological polar surface area (TPSA) is 75.5 Å². The second-order valence-electron chi connectivity index (χ2n) is 4.77. The number of aliphatic hydroxyl groups is 1. The van der Waals surface area contributed by atoms with Crippen molar-refractivity contribution in [3.63, 3.8) is 0 Å². The largest absolute Gasteiger partial charge is 0.390 e. The Labute approximate surface area is 110 Å². The van der Waals surface area contributed by atoms with Gasteiger partial charge in [0.15, 0.2) is 0 Å². The highest BCUT2D eigenvalue weighted by molar-refractivity contribution is 5.16. The van der Waals surface area contributed by atoms with E-state index in [-0.39, 0.29) is 6.04 Å². The van der Waals surface area contributed by atoms with E-state index in [4.69, 9.17) is 11.6 Å². The third-order valence-corrected chi connectivity index (χ3v) is 3.03. The Morgan fingerprint density at radius 3 is 2.56 bits per heavy atom. The maximum Gasteiger partial charge on any atom is 0.0834 e. The Kier molecular flexibility index (Phi) is 6.90. The molecule has 2 atom stereocenters. The van der Waals surface area contributed by atoms with Crippen LogP contribution < -0.4 is 11.6 Å². The molecule has 0 spiro atoms. The Hall–Kier alpha value is -0.940. The second-order valence-corrected chi connectivity index (χ2v) is 4.77. The van der Waals surface area contributed by atoms with Crippen LogP contribution >= 0.6 is 0 Å². The molecule has 0 amide bonds. The molecule has 18 heavy (non-hydrogen) atoms. The highest BCUT2D eigenvalue weighted by Gasteiger charge is 2.17. The molecule has 1 unspecified atom stereocenters. The molecule has 1 aromatic carbocycles. The van der Waals surface area contributed by atoms with E-state index in [9.17, 15) is 5.11 Å². The lowest BCUT2D eigenvalue weighted by molar-refractivity contribution is 0.0903. The zero-order valence-electron chi connectivity index (χ0n) is 11.1. The van der Waals surface area contributed by atoms with Gasteiger partial charge in [0, 0.05) is 19.1 Å². The third-order valence-electron chi connectivity index (χ3n) is 3.03. The number of nitrogens with two attached hydrogens (primary N) is 2. The van der Waals surface area contributed by atoms with Crippen molar-refractivity contribution in [3.8, 4) is 0 Å².